The van der Waals surface area contributed by atoms with E-state index < -0.39 is 10.0 Å². The lowest BCUT2D eigenvalue weighted by atomic mass is 10.1. The van der Waals surface area contributed by atoms with Crippen molar-refractivity contribution in [1.29, 1.82) is 0 Å². The summed E-state index contributed by atoms with van der Waals surface area (Å²) in [7, 11) is -3.70. The molecule has 0 saturated carbocycles. The minimum absolute atomic E-state index is 0.133. The second-order valence-corrected chi connectivity index (χ2v) is 8.37. The molecule has 6 nitrogen and oxygen atoms in total. The predicted octanol–water partition coefficient (Wildman–Crippen LogP) is 1.49. The number of likely N-dealkylation sites (tertiary alicyclic amines) is 1. The van der Waals surface area contributed by atoms with Gasteiger partial charge in [-0.25, -0.2) is 13.6 Å². The van der Waals surface area contributed by atoms with Crippen LogP contribution in [0, 0.1) is 0 Å². The van der Waals surface area contributed by atoms with Gasteiger partial charge in [0.2, 0.25) is 15.9 Å². The summed E-state index contributed by atoms with van der Waals surface area (Å²) in [6.07, 6.45) is 5.28. The van der Waals surface area contributed by atoms with Crippen LogP contribution in [-0.4, -0.2) is 44.9 Å². The highest BCUT2D eigenvalue weighted by Gasteiger charge is 2.30. The number of rotatable bonds is 3. The summed E-state index contributed by atoms with van der Waals surface area (Å²) in [4.78, 5) is 16.8. The molecule has 1 aromatic rings. The van der Waals surface area contributed by atoms with Gasteiger partial charge in [0, 0.05) is 24.8 Å². The van der Waals surface area contributed by atoms with Gasteiger partial charge < -0.3 is 9.80 Å². The Kier molecular flexibility index (Phi) is 4.83. The number of hydrogen-bond acceptors (Lipinski definition) is 4. The SMILES string of the molecule is C[C@@H]1Cc2cc(S(N)(=O)=O)ccc2N1CC(=O)N1CCCCCC1. The molecule has 2 aliphatic rings. The van der Waals surface area contributed by atoms with Crippen LogP contribution in [-0.2, 0) is 21.2 Å². The average molecular weight is 351 g/mol. The lowest BCUT2D eigenvalue weighted by Gasteiger charge is -2.28. The maximum atomic E-state index is 12.7. The number of hydrogen-bond donors (Lipinski definition) is 1. The number of nitrogens with two attached hydrogens (primary N) is 1. The van der Waals surface area contributed by atoms with Gasteiger partial charge in [-0.3, -0.25) is 4.79 Å². The molecular formula is C17H25N3O3S. The Bertz CT molecular complexity index is 725. The first-order valence-electron chi connectivity index (χ1n) is 8.56. The Hall–Kier alpha value is -1.60. The molecule has 0 bridgehead atoms. The molecule has 2 N–H and O–H groups in total. The third kappa shape index (κ3) is 3.57. The first kappa shape index (κ1) is 17.2. The minimum Gasteiger partial charge on any atom is -0.359 e. The van der Waals surface area contributed by atoms with Crippen LogP contribution in [0.3, 0.4) is 0 Å². The molecule has 24 heavy (non-hydrogen) atoms. The van der Waals surface area contributed by atoms with Crippen molar-refractivity contribution in [3.63, 3.8) is 0 Å². The molecule has 1 amide bonds. The Morgan fingerprint density at radius 2 is 1.88 bits per heavy atom. The third-order valence-corrected chi connectivity index (χ3v) is 5.91. The largest absolute Gasteiger partial charge is 0.359 e. The minimum atomic E-state index is -3.70. The number of primary sulfonamides is 1. The highest BCUT2D eigenvalue weighted by molar-refractivity contribution is 7.89. The predicted molar refractivity (Wildman–Crippen MR) is 93.4 cm³/mol. The number of nitrogens with zero attached hydrogens (tertiary/aromatic N) is 2. The third-order valence-electron chi connectivity index (χ3n) is 5.00. The van der Waals surface area contributed by atoms with E-state index in [1.165, 1.54) is 18.9 Å². The number of fused-ring (bicyclic) bond motifs is 1. The van der Waals surface area contributed by atoms with E-state index >= 15 is 0 Å². The van der Waals surface area contributed by atoms with Crippen molar-refractivity contribution in [2.45, 2.75) is 50.0 Å². The number of amides is 1. The molecule has 2 heterocycles. The van der Waals surface area contributed by atoms with E-state index in [4.69, 9.17) is 5.14 Å². The van der Waals surface area contributed by atoms with Crippen LogP contribution < -0.4 is 10.0 Å². The molecule has 0 aromatic heterocycles. The van der Waals surface area contributed by atoms with Crippen molar-refractivity contribution >= 4 is 21.6 Å². The number of carbonyl (C=O) groups is 1. The molecule has 1 saturated heterocycles. The molecule has 1 atom stereocenters. The molecule has 0 spiro atoms. The van der Waals surface area contributed by atoms with Gasteiger partial charge in [-0.1, -0.05) is 12.8 Å². The summed E-state index contributed by atoms with van der Waals surface area (Å²) in [6.45, 7) is 4.10. The number of benzene rings is 1. The highest BCUT2D eigenvalue weighted by Crippen LogP contribution is 2.33. The van der Waals surface area contributed by atoms with Crippen LogP contribution in [0.2, 0.25) is 0 Å². The smallest absolute Gasteiger partial charge is 0.242 e. The summed E-state index contributed by atoms with van der Waals surface area (Å²) in [6, 6.07) is 5.10. The van der Waals surface area contributed by atoms with E-state index in [1.807, 2.05) is 4.90 Å². The Balaban J connectivity index is 1.77. The van der Waals surface area contributed by atoms with Crippen LogP contribution in [0.5, 0.6) is 0 Å². The second-order valence-electron chi connectivity index (χ2n) is 6.81. The second kappa shape index (κ2) is 6.72. The van der Waals surface area contributed by atoms with Gasteiger partial charge in [0.05, 0.1) is 11.4 Å². The summed E-state index contributed by atoms with van der Waals surface area (Å²) < 4.78 is 23.0. The Morgan fingerprint density at radius 3 is 2.50 bits per heavy atom. The van der Waals surface area contributed by atoms with E-state index in [9.17, 15) is 13.2 Å². The molecule has 0 radical (unpaired) electrons. The maximum absolute atomic E-state index is 12.7. The fourth-order valence-electron chi connectivity index (χ4n) is 3.66. The van der Waals surface area contributed by atoms with Crippen LogP contribution >= 0.6 is 0 Å². The van der Waals surface area contributed by atoms with Gasteiger partial charge in [-0.2, -0.15) is 0 Å². The van der Waals surface area contributed by atoms with Crippen LogP contribution in [0.25, 0.3) is 0 Å². The summed E-state index contributed by atoms with van der Waals surface area (Å²) in [5.41, 5.74) is 1.88. The van der Waals surface area contributed by atoms with Crippen molar-refractivity contribution < 1.29 is 13.2 Å². The first-order chi connectivity index (χ1) is 11.4. The van der Waals surface area contributed by atoms with Gasteiger partial charge in [0.1, 0.15) is 0 Å². The number of anilines is 1. The van der Waals surface area contributed by atoms with Crippen molar-refractivity contribution in [3.8, 4) is 0 Å². The lowest BCUT2D eigenvalue weighted by molar-refractivity contribution is -0.129. The lowest BCUT2D eigenvalue weighted by Crippen LogP contribution is -2.42. The number of carbonyl (C=O) groups excluding carboxylic acids is 1. The fourth-order valence-corrected chi connectivity index (χ4v) is 4.22. The zero-order valence-corrected chi connectivity index (χ0v) is 14.9. The van der Waals surface area contributed by atoms with E-state index in [2.05, 4.69) is 11.8 Å². The van der Waals surface area contributed by atoms with Gasteiger partial charge in [-0.05, 0) is 49.9 Å². The molecule has 1 aromatic carbocycles. The van der Waals surface area contributed by atoms with Crippen molar-refractivity contribution in [3.05, 3.63) is 23.8 Å². The van der Waals surface area contributed by atoms with Crippen LogP contribution in [0.4, 0.5) is 5.69 Å². The van der Waals surface area contributed by atoms with Gasteiger partial charge >= 0.3 is 0 Å². The molecule has 7 heteroatoms. The van der Waals surface area contributed by atoms with Gasteiger partial charge in [0.15, 0.2) is 0 Å². The van der Waals surface area contributed by atoms with E-state index in [1.54, 1.807) is 12.1 Å². The normalized spacial score (nSPS) is 21.5. The Morgan fingerprint density at radius 1 is 1.21 bits per heavy atom. The van der Waals surface area contributed by atoms with E-state index in [0.29, 0.717) is 6.54 Å². The molecule has 3 rings (SSSR count). The summed E-state index contributed by atoms with van der Waals surface area (Å²) >= 11 is 0. The topological polar surface area (TPSA) is 83.7 Å². The monoisotopic (exact) mass is 351 g/mol. The zero-order valence-electron chi connectivity index (χ0n) is 14.1. The first-order valence-corrected chi connectivity index (χ1v) is 10.1. The molecule has 0 aliphatic carbocycles. The van der Waals surface area contributed by atoms with E-state index in [0.717, 1.165) is 43.6 Å². The molecular weight excluding hydrogens is 326 g/mol. The van der Waals surface area contributed by atoms with Crippen LogP contribution in [0.15, 0.2) is 23.1 Å². The van der Waals surface area contributed by atoms with Crippen molar-refractivity contribution in [2.75, 3.05) is 24.5 Å². The van der Waals surface area contributed by atoms with E-state index in [-0.39, 0.29) is 16.8 Å². The van der Waals surface area contributed by atoms with Crippen molar-refractivity contribution in [2.24, 2.45) is 5.14 Å². The molecule has 1 fully saturated rings. The van der Waals surface area contributed by atoms with Crippen molar-refractivity contribution in [1.82, 2.24) is 4.90 Å². The molecule has 2 aliphatic heterocycles. The molecule has 132 valence electrons. The fraction of sp³-hybridized carbons (Fsp3) is 0.588. The maximum Gasteiger partial charge on any atom is 0.242 e. The highest BCUT2D eigenvalue weighted by atomic mass is 32.2. The Labute approximate surface area is 143 Å². The number of sulfonamides is 1. The van der Waals surface area contributed by atoms with Crippen LogP contribution in [0.1, 0.15) is 38.2 Å². The summed E-state index contributed by atoms with van der Waals surface area (Å²) in [5.74, 6) is 0.159. The summed E-state index contributed by atoms with van der Waals surface area (Å²) in [5, 5.41) is 5.21. The average Bonchev–Trinajstić information content (AvgIpc) is 2.70. The van der Waals surface area contributed by atoms with Gasteiger partial charge in [-0.15, -0.1) is 0 Å². The van der Waals surface area contributed by atoms with Gasteiger partial charge in [0.25, 0.3) is 0 Å². The standard InChI is InChI=1S/C17H25N3O3S/c1-13-10-14-11-15(24(18,22)23)6-7-16(14)20(13)12-17(21)19-8-4-2-3-5-9-19/h6-7,11,13H,2-5,8-10,12H2,1H3,(H2,18,22,23)/t13-/m1/s1. The molecule has 0 unspecified atom stereocenters. The zero-order chi connectivity index (χ0) is 17.3. The quantitative estimate of drug-likeness (QED) is 0.894.